The van der Waals surface area contributed by atoms with Gasteiger partial charge in [0.25, 0.3) is 0 Å². The van der Waals surface area contributed by atoms with Gasteiger partial charge in [0.2, 0.25) is 9.84 Å². The molecule has 6 N–H and O–H groups in total. The van der Waals surface area contributed by atoms with Gasteiger partial charge in [0.15, 0.2) is 11.6 Å². The van der Waals surface area contributed by atoms with Crippen LogP contribution >= 0.6 is 0 Å². The number of sulfone groups is 1. The maximum absolute atomic E-state index is 15.3. The summed E-state index contributed by atoms with van der Waals surface area (Å²) in [5.74, 6) is 1.13. The van der Waals surface area contributed by atoms with Gasteiger partial charge in [-0.3, -0.25) is 4.79 Å². The molecule has 0 aliphatic rings. The Bertz CT molecular complexity index is 1330. The molecule has 0 heterocycles. The first-order valence-electron chi connectivity index (χ1n) is 9.58. The van der Waals surface area contributed by atoms with Gasteiger partial charge in [-0.15, -0.1) is 0 Å². The van der Waals surface area contributed by atoms with Gasteiger partial charge in [0.05, 0.1) is 4.90 Å². The highest BCUT2D eigenvalue weighted by Crippen LogP contribution is 2.40. The van der Waals surface area contributed by atoms with Crippen molar-refractivity contribution < 1.29 is 27.1 Å². The van der Waals surface area contributed by atoms with E-state index in [1.807, 2.05) is 0 Å². The molecule has 3 rings (SSSR count). The zero-order chi connectivity index (χ0) is 24.2. The van der Waals surface area contributed by atoms with E-state index in [0.29, 0.717) is 0 Å². The van der Waals surface area contributed by atoms with Crippen molar-refractivity contribution in [3.63, 3.8) is 0 Å². The Morgan fingerprint density at radius 3 is 2.42 bits per heavy atom. The molecule has 0 spiro atoms. The molecule has 0 radical (unpaired) electrons. The lowest BCUT2D eigenvalue weighted by Crippen LogP contribution is -2.15. The van der Waals surface area contributed by atoms with Crippen molar-refractivity contribution >= 4 is 33.5 Å². The standard InChI is InChI=1S/C22H20F2N4O4S/c23-19-18(13-5-2-1-3-6-13)16(9-10-17(29)30)22(20(24)21(19)25)33(31,32)15-8-4-7-14(11-15)27-12-28-26/h1-8,11-12H,9-10,25-26H2,(H,27,28)(H,29,30). The summed E-state index contributed by atoms with van der Waals surface area (Å²) in [6.45, 7) is 0. The third-order valence-electron chi connectivity index (χ3n) is 4.84. The van der Waals surface area contributed by atoms with Crippen LogP contribution < -0.4 is 16.9 Å². The van der Waals surface area contributed by atoms with Gasteiger partial charge in [0, 0.05) is 17.7 Å². The second-order valence-electron chi connectivity index (χ2n) is 6.94. The number of nitrogens with two attached hydrogens (primary N) is 2. The topological polar surface area (TPSA) is 148 Å². The van der Waals surface area contributed by atoms with E-state index < -0.39 is 50.9 Å². The number of hydrogen-bond donors (Lipinski definition) is 4. The van der Waals surface area contributed by atoms with Gasteiger partial charge < -0.3 is 22.0 Å². The second-order valence-corrected chi connectivity index (χ2v) is 8.82. The lowest BCUT2D eigenvalue weighted by molar-refractivity contribution is -0.136. The van der Waals surface area contributed by atoms with Gasteiger partial charge in [-0.25, -0.2) is 17.2 Å². The van der Waals surface area contributed by atoms with Crippen LogP contribution in [0.5, 0.6) is 0 Å². The third kappa shape index (κ3) is 4.77. The Balaban J connectivity index is 2.34. The van der Waals surface area contributed by atoms with Crippen molar-refractivity contribution in [1.82, 2.24) is 0 Å². The smallest absolute Gasteiger partial charge is 0.303 e. The van der Waals surface area contributed by atoms with Crippen LogP contribution in [-0.2, 0) is 21.1 Å². The summed E-state index contributed by atoms with van der Waals surface area (Å²) in [5.41, 5.74) is 4.61. The summed E-state index contributed by atoms with van der Waals surface area (Å²) in [6, 6.07) is 13.2. The molecular formula is C22H20F2N4O4S. The molecule has 172 valence electrons. The SMILES string of the molecule is NN=CNc1cccc(S(=O)(=O)c2c(F)c(N)c(F)c(-c3ccccc3)c2CCC(=O)O)c1. The molecule has 0 amide bonds. The number of benzene rings is 3. The molecule has 11 heteroatoms. The van der Waals surface area contributed by atoms with Crippen LogP contribution in [0.2, 0.25) is 0 Å². The van der Waals surface area contributed by atoms with Crippen LogP contribution in [0.25, 0.3) is 11.1 Å². The van der Waals surface area contributed by atoms with Crippen LogP contribution in [0.15, 0.2) is 69.5 Å². The van der Waals surface area contributed by atoms with Crippen LogP contribution in [0.3, 0.4) is 0 Å². The fraction of sp³-hybridized carbons (Fsp3) is 0.0909. The molecule has 0 saturated carbocycles. The molecule has 0 saturated heterocycles. The number of aliphatic carboxylic acids is 1. The number of carboxylic acid groups (broad SMARTS) is 1. The number of nitrogen functional groups attached to an aromatic ring is 1. The van der Waals surface area contributed by atoms with Gasteiger partial charge in [0.1, 0.15) is 16.9 Å². The predicted molar refractivity (Wildman–Crippen MR) is 120 cm³/mol. The number of nitrogens with one attached hydrogen (secondary N) is 1. The van der Waals surface area contributed by atoms with E-state index in [0.717, 1.165) is 6.34 Å². The zero-order valence-electron chi connectivity index (χ0n) is 17.1. The van der Waals surface area contributed by atoms with Crippen LogP contribution in [0, 0.1) is 11.6 Å². The van der Waals surface area contributed by atoms with Crippen LogP contribution in [-0.4, -0.2) is 25.8 Å². The highest BCUT2D eigenvalue weighted by Gasteiger charge is 2.33. The largest absolute Gasteiger partial charge is 0.481 e. The van der Waals surface area contributed by atoms with Crippen molar-refractivity contribution in [2.45, 2.75) is 22.6 Å². The summed E-state index contributed by atoms with van der Waals surface area (Å²) in [4.78, 5) is 10.1. The molecular weight excluding hydrogens is 454 g/mol. The van der Waals surface area contributed by atoms with E-state index >= 15 is 8.78 Å². The van der Waals surface area contributed by atoms with Crippen LogP contribution in [0.1, 0.15) is 12.0 Å². The number of halogens is 2. The van der Waals surface area contributed by atoms with Crippen molar-refractivity contribution in [2.24, 2.45) is 10.9 Å². The molecule has 0 unspecified atom stereocenters. The van der Waals surface area contributed by atoms with Gasteiger partial charge in [-0.05, 0) is 35.7 Å². The van der Waals surface area contributed by atoms with Gasteiger partial charge >= 0.3 is 5.97 Å². The summed E-state index contributed by atoms with van der Waals surface area (Å²) in [7, 11) is -4.60. The number of anilines is 2. The lowest BCUT2D eigenvalue weighted by Gasteiger charge is -2.19. The Labute approximate surface area is 188 Å². The first-order chi connectivity index (χ1) is 15.7. The molecule has 3 aromatic carbocycles. The number of rotatable bonds is 8. The number of hydrazone groups is 1. The van der Waals surface area contributed by atoms with Gasteiger partial charge in [-0.1, -0.05) is 36.4 Å². The summed E-state index contributed by atoms with van der Waals surface area (Å²) in [6.07, 6.45) is 0.119. The second kappa shape index (κ2) is 9.65. The Morgan fingerprint density at radius 1 is 1.09 bits per heavy atom. The minimum atomic E-state index is -4.60. The highest BCUT2D eigenvalue weighted by atomic mass is 32.2. The molecule has 0 atom stereocenters. The van der Waals surface area contributed by atoms with Crippen molar-refractivity contribution in [3.8, 4) is 11.1 Å². The maximum Gasteiger partial charge on any atom is 0.303 e. The average molecular weight is 474 g/mol. The zero-order valence-corrected chi connectivity index (χ0v) is 17.9. The Kier molecular flexibility index (Phi) is 6.92. The molecule has 3 aromatic rings. The molecule has 0 aliphatic heterocycles. The van der Waals surface area contributed by atoms with E-state index in [-0.39, 0.29) is 27.3 Å². The quantitative estimate of drug-likeness (QED) is 0.0977. The van der Waals surface area contributed by atoms with E-state index in [9.17, 15) is 13.2 Å². The Hall–Kier alpha value is -3.99. The maximum atomic E-state index is 15.3. The number of carboxylic acids is 1. The normalized spacial score (nSPS) is 11.6. The molecule has 0 bridgehead atoms. The Morgan fingerprint density at radius 2 is 1.79 bits per heavy atom. The summed E-state index contributed by atoms with van der Waals surface area (Å²) >= 11 is 0. The van der Waals surface area contributed by atoms with E-state index in [1.54, 1.807) is 18.2 Å². The average Bonchev–Trinajstić information content (AvgIpc) is 2.80. The minimum Gasteiger partial charge on any atom is -0.481 e. The number of nitrogens with zero attached hydrogens (tertiary/aromatic N) is 1. The molecule has 0 aliphatic carbocycles. The fourth-order valence-corrected chi connectivity index (χ4v) is 5.02. The molecule has 33 heavy (non-hydrogen) atoms. The fourth-order valence-electron chi connectivity index (χ4n) is 3.37. The summed E-state index contributed by atoms with van der Waals surface area (Å²) in [5, 5.41) is 15.1. The first kappa shape index (κ1) is 23.7. The third-order valence-corrected chi connectivity index (χ3v) is 6.68. The van der Waals surface area contributed by atoms with Crippen molar-refractivity contribution in [2.75, 3.05) is 11.1 Å². The first-order valence-corrected chi connectivity index (χ1v) is 11.1. The highest BCUT2D eigenvalue weighted by molar-refractivity contribution is 7.91. The molecule has 0 fully saturated rings. The number of carbonyl (C=O) groups is 1. The lowest BCUT2D eigenvalue weighted by atomic mass is 9.94. The van der Waals surface area contributed by atoms with E-state index in [1.165, 1.54) is 36.4 Å². The molecule has 8 nitrogen and oxygen atoms in total. The molecule has 0 aromatic heterocycles. The van der Waals surface area contributed by atoms with E-state index in [2.05, 4.69) is 10.4 Å². The predicted octanol–water partition coefficient (Wildman–Crippen LogP) is 3.38. The van der Waals surface area contributed by atoms with Gasteiger partial charge in [-0.2, -0.15) is 5.10 Å². The van der Waals surface area contributed by atoms with Crippen molar-refractivity contribution in [3.05, 3.63) is 71.8 Å². The van der Waals surface area contributed by atoms with Crippen LogP contribution in [0.4, 0.5) is 20.2 Å². The number of hydrogen-bond acceptors (Lipinski definition) is 6. The monoisotopic (exact) mass is 474 g/mol. The minimum absolute atomic E-state index is 0.230. The van der Waals surface area contributed by atoms with E-state index in [4.69, 9.17) is 16.7 Å². The summed E-state index contributed by atoms with van der Waals surface area (Å²) < 4.78 is 57.5. The van der Waals surface area contributed by atoms with Crippen molar-refractivity contribution in [1.29, 1.82) is 0 Å².